The van der Waals surface area contributed by atoms with E-state index in [0.29, 0.717) is 13.0 Å². The van der Waals surface area contributed by atoms with E-state index in [-0.39, 0.29) is 22.6 Å². The van der Waals surface area contributed by atoms with Crippen molar-refractivity contribution in [1.82, 2.24) is 10.2 Å². The molecule has 8 nitrogen and oxygen atoms in total. The average molecular weight is 501 g/mol. The van der Waals surface area contributed by atoms with E-state index >= 15 is 0 Å². The highest BCUT2D eigenvalue weighted by Crippen LogP contribution is 2.37. The molecule has 10 heteroatoms. The lowest BCUT2D eigenvalue weighted by Gasteiger charge is -2.26. The molecule has 2 aliphatic rings. The van der Waals surface area contributed by atoms with E-state index in [4.69, 9.17) is 23.1 Å². The zero-order chi connectivity index (χ0) is 24.9. The van der Waals surface area contributed by atoms with Crippen LogP contribution in [-0.2, 0) is 22.6 Å². The van der Waals surface area contributed by atoms with Crippen molar-refractivity contribution >= 4 is 35.1 Å². The Balaban J connectivity index is 1.48. The molecule has 1 aliphatic heterocycles. The zero-order valence-corrected chi connectivity index (χ0v) is 20.2. The summed E-state index contributed by atoms with van der Waals surface area (Å²) in [5.41, 5.74) is 14.5. The quantitative estimate of drug-likeness (QED) is 0.275. The molecular formula is C25H30ClFN6O2. The smallest absolute Gasteiger partial charge is 0.313 e. The summed E-state index contributed by atoms with van der Waals surface area (Å²) in [4.78, 5) is 31.9. The Kier molecular flexibility index (Phi) is 7.87. The summed E-state index contributed by atoms with van der Waals surface area (Å²) in [5.74, 6) is -2.55. The van der Waals surface area contributed by atoms with Crippen molar-refractivity contribution in [1.29, 1.82) is 0 Å². The van der Waals surface area contributed by atoms with Crippen molar-refractivity contribution in [3.8, 4) is 0 Å². The Hall–Kier alpha value is -3.17. The molecule has 0 unspecified atom stereocenters. The number of fused-ring (bicyclic) bond motifs is 1. The van der Waals surface area contributed by atoms with Gasteiger partial charge < -0.3 is 22.1 Å². The minimum Gasteiger partial charge on any atom is -0.370 e. The lowest BCUT2D eigenvalue weighted by Crippen LogP contribution is -2.40. The first-order valence-corrected chi connectivity index (χ1v) is 12.1. The SMILES string of the molecule is NC(N)=NC[C@H]1Cc2cc(CN3CCCCC3)ccc2[C@@H]1NC(=O)C(=O)Nc1ccc(Cl)c(F)c1. The summed E-state index contributed by atoms with van der Waals surface area (Å²) >= 11 is 5.68. The van der Waals surface area contributed by atoms with Crippen LogP contribution in [0, 0.1) is 11.7 Å². The van der Waals surface area contributed by atoms with Gasteiger partial charge in [0.05, 0.1) is 11.1 Å². The first-order valence-electron chi connectivity index (χ1n) is 11.8. The molecule has 0 aromatic heterocycles. The van der Waals surface area contributed by atoms with Gasteiger partial charge in [-0.1, -0.05) is 36.2 Å². The van der Waals surface area contributed by atoms with Crippen molar-refractivity contribution in [3.05, 3.63) is 63.9 Å². The van der Waals surface area contributed by atoms with E-state index in [0.717, 1.165) is 36.8 Å². The first-order chi connectivity index (χ1) is 16.8. The van der Waals surface area contributed by atoms with Gasteiger partial charge in [0.25, 0.3) is 0 Å². The number of likely N-dealkylation sites (tertiary alicyclic amines) is 1. The first kappa shape index (κ1) is 24.9. The Morgan fingerprint density at radius 1 is 1.09 bits per heavy atom. The Morgan fingerprint density at radius 2 is 1.86 bits per heavy atom. The van der Waals surface area contributed by atoms with E-state index in [1.165, 1.54) is 37.0 Å². The van der Waals surface area contributed by atoms with Crippen LogP contribution in [0.5, 0.6) is 0 Å². The maximum atomic E-state index is 13.7. The molecule has 0 bridgehead atoms. The number of carbonyl (C=O) groups excluding carboxylic acids is 2. The number of piperidine rings is 1. The minimum atomic E-state index is -0.900. The molecule has 6 N–H and O–H groups in total. The predicted molar refractivity (Wildman–Crippen MR) is 134 cm³/mol. The number of carbonyl (C=O) groups is 2. The third-order valence-electron chi connectivity index (χ3n) is 6.53. The maximum Gasteiger partial charge on any atom is 0.313 e. The number of nitrogens with two attached hydrogens (primary N) is 2. The molecule has 0 radical (unpaired) electrons. The molecule has 0 saturated carbocycles. The molecule has 4 rings (SSSR count). The van der Waals surface area contributed by atoms with Crippen LogP contribution in [0.4, 0.5) is 10.1 Å². The lowest BCUT2D eigenvalue weighted by atomic mass is 10.00. The van der Waals surface area contributed by atoms with Crippen LogP contribution >= 0.6 is 11.6 Å². The van der Waals surface area contributed by atoms with E-state index < -0.39 is 23.7 Å². The summed E-state index contributed by atoms with van der Waals surface area (Å²) in [7, 11) is 0. The number of anilines is 1. The fourth-order valence-corrected chi connectivity index (χ4v) is 4.94. The molecule has 1 saturated heterocycles. The van der Waals surface area contributed by atoms with Crippen LogP contribution in [0.15, 0.2) is 41.4 Å². The number of amides is 2. The Bertz CT molecular complexity index is 1130. The van der Waals surface area contributed by atoms with Crippen LogP contribution in [0.2, 0.25) is 5.02 Å². The minimum absolute atomic E-state index is 0.0284. The average Bonchev–Trinajstić information content (AvgIpc) is 3.17. The van der Waals surface area contributed by atoms with E-state index in [1.54, 1.807) is 0 Å². The van der Waals surface area contributed by atoms with Gasteiger partial charge in [0.2, 0.25) is 0 Å². The number of halogens is 2. The fraction of sp³-hybridized carbons (Fsp3) is 0.400. The summed E-state index contributed by atoms with van der Waals surface area (Å²) in [6.07, 6.45) is 4.42. The monoisotopic (exact) mass is 500 g/mol. The highest BCUT2D eigenvalue weighted by Gasteiger charge is 2.35. The maximum absolute atomic E-state index is 13.7. The van der Waals surface area contributed by atoms with Crippen LogP contribution in [0.1, 0.15) is 42.0 Å². The Morgan fingerprint density at radius 3 is 2.57 bits per heavy atom. The predicted octanol–water partition coefficient (Wildman–Crippen LogP) is 2.71. The Labute approximate surface area is 208 Å². The summed E-state index contributed by atoms with van der Waals surface area (Å²) in [6, 6.07) is 9.63. The summed E-state index contributed by atoms with van der Waals surface area (Å²) < 4.78 is 13.7. The summed E-state index contributed by atoms with van der Waals surface area (Å²) in [6.45, 7) is 3.42. The van der Waals surface area contributed by atoms with Gasteiger partial charge in [-0.15, -0.1) is 0 Å². The van der Waals surface area contributed by atoms with Crippen molar-refractivity contribution < 1.29 is 14.0 Å². The lowest BCUT2D eigenvalue weighted by molar-refractivity contribution is -0.136. The number of nitrogens with one attached hydrogen (secondary N) is 2. The molecule has 186 valence electrons. The number of hydrogen-bond donors (Lipinski definition) is 4. The topological polar surface area (TPSA) is 126 Å². The van der Waals surface area contributed by atoms with Gasteiger partial charge in [-0.2, -0.15) is 0 Å². The summed E-state index contributed by atoms with van der Waals surface area (Å²) in [5, 5.41) is 5.16. The number of rotatable bonds is 6. The van der Waals surface area contributed by atoms with Crippen molar-refractivity contribution in [2.45, 2.75) is 38.3 Å². The van der Waals surface area contributed by atoms with E-state index in [1.807, 2.05) is 6.07 Å². The molecule has 2 aromatic rings. The van der Waals surface area contributed by atoms with Crippen molar-refractivity contribution in [2.75, 3.05) is 25.0 Å². The van der Waals surface area contributed by atoms with Gasteiger partial charge in [-0.25, -0.2) is 4.39 Å². The van der Waals surface area contributed by atoms with Gasteiger partial charge in [-0.05, 0) is 67.2 Å². The van der Waals surface area contributed by atoms with Crippen LogP contribution in [0.3, 0.4) is 0 Å². The number of hydrogen-bond acceptors (Lipinski definition) is 4. The molecular weight excluding hydrogens is 471 g/mol. The van der Waals surface area contributed by atoms with Gasteiger partial charge >= 0.3 is 11.8 Å². The number of benzene rings is 2. The fourth-order valence-electron chi connectivity index (χ4n) is 4.82. The van der Waals surface area contributed by atoms with E-state index in [9.17, 15) is 14.0 Å². The second-order valence-corrected chi connectivity index (χ2v) is 9.54. The molecule has 1 aliphatic carbocycles. The van der Waals surface area contributed by atoms with E-state index in [2.05, 4.69) is 32.7 Å². The number of guanidine groups is 1. The highest BCUT2D eigenvalue weighted by atomic mass is 35.5. The molecule has 35 heavy (non-hydrogen) atoms. The van der Waals surface area contributed by atoms with Crippen LogP contribution in [-0.4, -0.2) is 42.3 Å². The molecule has 2 atom stereocenters. The highest BCUT2D eigenvalue weighted by molar-refractivity contribution is 6.39. The zero-order valence-electron chi connectivity index (χ0n) is 19.4. The number of nitrogens with zero attached hydrogens (tertiary/aromatic N) is 2. The molecule has 2 aromatic carbocycles. The van der Waals surface area contributed by atoms with Gasteiger partial charge in [0, 0.05) is 24.7 Å². The molecule has 1 heterocycles. The van der Waals surface area contributed by atoms with Crippen LogP contribution in [0.25, 0.3) is 0 Å². The normalized spacial score (nSPS) is 19.6. The van der Waals surface area contributed by atoms with Gasteiger partial charge in [-0.3, -0.25) is 19.5 Å². The largest absolute Gasteiger partial charge is 0.370 e. The third kappa shape index (κ3) is 6.29. The molecule has 1 fully saturated rings. The van der Waals surface area contributed by atoms with Crippen molar-refractivity contribution in [2.24, 2.45) is 22.4 Å². The van der Waals surface area contributed by atoms with Gasteiger partial charge in [0.15, 0.2) is 5.96 Å². The van der Waals surface area contributed by atoms with Crippen molar-refractivity contribution in [3.63, 3.8) is 0 Å². The third-order valence-corrected chi connectivity index (χ3v) is 6.84. The molecule has 2 amide bonds. The standard InChI is InChI=1S/C25H30ClFN6O2/c26-20-7-5-18(12-21(20)27)31-23(34)24(35)32-22-17(13-30-25(28)29)11-16-10-15(4-6-19(16)22)14-33-8-2-1-3-9-33/h4-7,10,12,17,22H,1-3,8-9,11,13-14H2,(H,31,34)(H,32,35)(H4,28,29,30)/t17-,22-/m1/s1. The number of aliphatic imine (C=N–C) groups is 1. The second kappa shape index (κ2) is 11.0. The van der Waals surface area contributed by atoms with Gasteiger partial charge in [0.1, 0.15) is 5.82 Å². The molecule has 0 spiro atoms. The van der Waals surface area contributed by atoms with Crippen LogP contribution < -0.4 is 22.1 Å². The second-order valence-electron chi connectivity index (χ2n) is 9.13.